The van der Waals surface area contributed by atoms with E-state index in [1.165, 1.54) is 16.9 Å². The molecule has 1 atom stereocenters. The van der Waals surface area contributed by atoms with Gasteiger partial charge in [0.25, 0.3) is 0 Å². The first-order chi connectivity index (χ1) is 18.4. The van der Waals surface area contributed by atoms with Crippen LogP contribution >= 0.6 is 11.3 Å². The van der Waals surface area contributed by atoms with E-state index in [0.717, 1.165) is 65.4 Å². The summed E-state index contributed by atoms with van der Waals surface area (Å²) in [5.74, 6) is 0.368. The van der Waals surface area contributed by atoms with E-state index in [0.29, 0.717) is 22.9 Å². The predicted molar refractivity (Wildman–Crippen MR) is 146 cm³/mol. The van der Waals surface area contributed by atoms with Gasteiger partial charge >= 0.3 is 6.03 Å². The number of rotatable bonds is 7. The summed E-state index contributed by atoms with van der Waals surface area (Å²) in [5.41, 5.74) is 5.75. The molecule has 4 aromatic rings. The van der Waals surface area contributed by atoms with Crippen molar-refractivity contribution in [3.05, 3.63) is 54.2 Å². The molecule has 1 aromatic carbocycles. The third-order valence-electron chi connectivity index (χ3n) is 6.87. The Labute approximate surface area is 224 Å². The Morgan fingerprint density at radius 3 is 2.66 bits per heavy atom. The summed E-state index contributed by atoms with van der Waals surface area (Å²) in [7, 11) is 0. The molecule has 5 heterocycles. The number of nitrogens with zero attached hydrogens (tertiary/aromatic N) is 5. The van der Waals surface area contributed by atoms with Gasteiger partial charge < -0.3 is 15.2 Å². The van der Waals surface area contributed by atoms with Crippen LogP contribution in [0, 0.1) is 5.41 Å². The Bertz CT molecular complexity index is 1480. The van der Waals surface area contributed by atoms with Crippen LogP contribution in [0.1, 0.15) is 31.3 Å². The monoisotopic (exact) mass is 531 g/mol. The van der Waals surface area contributed by atoms with Crippen molar-refractivity contribution in [3.8, 4) is 22.4 Å². The zero-order valence-corrected chi connectivity index (χ0v) is 22.1. The molecule has 2 saturated heterocycles. The topological polar surface area (TPSA) is 125 Å². The Balaban J connectivity index is 1.36. The quantitative estimate of drug-likeness (QED) is 0.329. The van der Waals surface area contributed by atoms with E-state index < -0.39 is 6.10 Å². The first-order valence-corrected chi connectivity index (χ1v) is 13.5. The molecule has 2 amide bonds. The highest BCUT2D eigenvalue weighted by molar-refractivity contribution is 7.22. The zero-order chi connectivity index (χ0) is 26.3. The van der Waals surface area contributed by atoms with Crippen LogP contribution < -0.4 is 10.6 Å². The van der Waals surface area contributed by atoms with Crippen LogP contribution in [-0.2, 0) is 11.3 Å². The number of amides is 2. The van der Waals surface area contributed by atoms with Gasteiger partial charge in [0.15, 0.2) is 11.0 Å². The lowest BCUT2D eigenvalue weighted by Crippen LogP contribution is -2.65. The number of hydrogen-bond acceptors (Lipinski definition) is 9. The highest BCUT2D eigenvalue weighted by atomic mass is 32.1. The average Bonchev–Trinajstić information content (AvgIpc) is 3.26. The smallest absolute Gasteiger partial charge is 0.321 e. The summed E-state index contributed by atoms with van der Waals surface area (Å²) < 4.78 is 6.34. The standard InChI is InChI=1S/C27H29N7O3S/c1-3-28-25(36)33-26-32-22-8-18(19-9-30-24(16(2)35)31-10-19)7-20(23(22)38-26)21-6-17(4-5-29-21)11-34-12-27(13-34)14-37-15-27/h4-10,16,35H,3,11-15H2,1-2H3,(H2,28,32,33,36). The number of aromatic nitrogens is 4. The van der Waals surface area contributed by atoms with Crippen molar-refractivity contribution in [2.45, 2.75) is 26.5 Å². The Morgan fingerprint density at radius 1 is 1.18 bits per heavy atom. The van der Waals surface area contributed by atoms with Gasteiger partial charge in [0, 0.05) is 61.3 Å². The number of aliphatic hydroxyl groups excluding tert-OH is 1. The largest absolute Gasteiger partial charge is 0.385 e. The summed E-state index contributed by atoms with van der Waals surface area (Å²) >= 11 is 1.42. The molecule has 38 heavy (non-hydrogen) atoms. The van der Waals surface area contributed by atoms with Crippen molar-refractivity contribution < 1.29 is 14.6 Å². The number of hydrogen-bond donors (Lipinski definition) is 3. The summed E-state index contributed by atoms with van der Waals surface area (Å²) in [6, 6.07) is 7.92. The molecule has 2 aliphatic heterocycles. The highest BCUT2D eigenvalue weighted by Gasteiger charge is 2.48. The van der Waals surface area contributed by atoms with E-state index in [1.54, 1.807) is 19.3 Å². The van der Waals surface area contributed by atoms with Gasteiger partial charge in [0.05, 0.1) is 29.1 Å². The molecule has 196 valence electrons. The minimum absolute atomic E-state index is 0.292. The molecule has 6 rings (SSSR count). The molecule has 3 aromatic heterocycles. The van der Waals surface area contributed by atoms with Crippen LogP contribution in [0.2, 0.25) is 0 Å². The van der Waals surface area contributed by atoms with Gasteiger partial charge in [0.2, 0.25) is 0 Å². The van der Waals surface area contributed by atoms with Gasteiger partial charge in [-0.25, -0.2) is 19.7 Å². The maximum atomic E-state index is 12.2. The van der Waals surface area contributed by atoms with Crippen LogP contribution in [0.25, 0.3) is 32.6 Å². The molecule has 2 aliphatic rings. The van der Waals surface area contributed by atoms with Gasteiger partial charge in [-0.05, 0) is 49.2 Å². The maximum Gasteiger partial charge on any atom is 0.321 e. The highest BCUT2D eigenvalue weighted by Crippen LogP contribution is 2.40. The van der Waals surface area contributed by atoms with E-state index in [2.05, 4.69) is 43.7 Å². The second-order valence-electron chi connectivity index (χ2n) is 10.1. The number of pyridine rings is 1. The van der Waals surface area contributed by atoms with Crippen LogP contribution in [0.3, 0.4) is 0 Å². The van der Waals surface area contributed by atoms with E-state index in [9.17, 15) is 9.90 Å². The van der Waals surface area contributed by atoms with Crippen LogP contribution in [0.5, 0.6) is 0 Å². The number of likely N-dealkylation sites (tertiary alicyclic amines) is 1. The Kier molecular flexibility index (Phi) is 6.52. The molecular weight excluding hydrogens is 502 g/mol. The second-order valence-corrected chi connectivity index (χ2v) is 11.1. The number of carbonyl (C=O) groups is 1. The van der Waals surface area contributed by atoms with Gasteiger partial charge in [-0.3, -0.25) is 15.2 Å². The number of urea groups is 1. The fourth-order valence-corrected chi connectivity index (χ4v) is 5.98. The van der Waals surface area contributed by atoms with E-state index >= 15 is 0 Å². The van der Waals surface area contributed by atoms with Crippen LogP contribution in [-0.4, -0.2) is 68.8 Å². The lowest BCUT2D eigenvalue weighted by atomic mass is 9.78. The number of aliphatic hydroxyl groups is 1. The summed E-state index contributed by atoms with van der Waals surface area (Å²) in [6.07, 6.45) is 4.51. The number of ether oxygens (including phenoxy) is 1. The average molecular weight is 532 g/mol. The number of fused-ring (bicyclic) bond motifs is 1. The van der Waals surface area contributed by atoms with Crippen molar-refractivity contribution in [1.29, 1.82) is 0 Å². The van der Waals surface area contributed by atoms with Crippen molar-refractivity contribution >= 4 is 32.7 Å². The molecule has 1 spiro atoms. The molecule has 0 bridgehead atoms. The molecule has 10 nitrogen and oxygen atoms in total. The lowest BCUT2D eigenvalue weighted by molar-refractivity contribution is -0.191. The van der Waals surface area contributed by atoms with Gasteiger partial charge in [-0.15, -0.1) is 0 Å². The lowest BCUT2D eigenvalue weighted by Gasteiger charge is -2.55. The van der Waals surface area contributed by atoms with E-state index in [4.69, 9.17) is 14.7 Å². The minimum Gasteiger partial charge on any atom is -0.385 e. The predicted octanol–water partition coefficient (Wildman–Crippen LogP) is 3.84. The van der Waals surface area contributed by atoms with Crippen LogP contribution in [0.4, 0.5) is 9.93 Å². The first-order valence-electron chi connectivity index (χ1n) is 12.7. The fraction of sp³-hybridized carbons (Fsp3) is 0.370. The second kappa shape index (κ2) is 9.99. The summed E-state index contributed by atoms with van der Waals surface area (Å²) in [5, 5.41) is 15.9. The normalized spacial score (nSPS) is 17.1. The van der Waals surface area contributed by atoms with E-state index in [-0.39, 0.29) is 6.03 Å². The fourth-order valence-electron chi connectivity index (χ4n) is 5.01. The van der Waals surface area contributed by atoms with Crippen molar-refractivity contribution in [2.75, 3.05) is 38.2 Å². The Hall–Kier alpha value is -3.51. The number of nitrogens with one attached hydrogen (secondary N) is 2. The molecular formula is C27H29N7O3S. The van der Waals surface area contributed by atoms with Gasteiger partial charge in [-0.2, -0.15) is 0 Å². The molecule has 1 unspecified atom stereocenters. The third-order valence-corrected chi connectivity index (χ3v) is 7.89. The number of benzene rings is 1. The molecule has 0 radical (unpaired) electrons. The van der Waals surface area contributed by atoms with Gasteiger partial charge in [0.1, 0.15) is 6.10 Å². The SMILES string of the molecule is CCNC(=O)Nc1nc2cc(-c3cnc(C(C)O)nc3)cc(-c3cc(CN4CC5(COC5)C4)ccn3)c2s1. The maximum absolute atomic E-state index is 12.2. The molecule has 2 fully saturated rings. The van der Waals surface area contributed by atoms with Crippen molar-refractivity contribution in [1.82, 2.24) is 30.2 Å². The van der Waals surface area contributed by atoms with Crippen molar-refractivity contribution in [3.63, 3.8) is 0 Å². The summed E-state index contributed by atoms with van der Waals surface area (Å²) in [4.78, 5) is 32.6. The third kappa shape index (κ3) is 4.85. The van der Waals surface area contributed by atoms with Gasteiger partial charge in [-0.1, -0.05) is 11.3 Å². The number of anilines is 1. The van der Waals surface area contributed by atoms with E-state index in [1.807, 2.05) is 19.2 Å². The molecule has 3 N–H and O–H groups in total. The van der Waals surface area contributed by atoms with Crippen molar-refractivity contribution in [2.24, 2.45) is 5.41 Å². The number of carbonyl (C=O) groups excluding carboxylic acids is 1. The molecule has 11 heteroatoms. The Morgan fingerprint density at radius 2 is 1.97 bits per heavy atom. The summed E-state index contributed by atoms with van der Waals surface area (Å²) in [6.45, 7) is 8.76. The minimum atomic E-state index is -0.742. The first kappa shape index (κ1) is 24.8. The molecule has 0 saturated carbocycles. The van der Waals surface area contributed by atoms with Crippen LogP contribution in [0.15, 0.2) is 42.9 Å². The number of thiazole rings is 1. The zero-order valence-electron chi connectivity index (χ0n) is 21.3. The molecule has 0 aliphatic carbocycles.